The Morgan fingerprint density at radius 2 is 1.65 bits per heavy atom. The lowest BCUT2D eigenvalue weighted by molar-refractivity contribution is -0.137. The molecule has 1 aliphatic heterocycles. The second-order valence-electron chi connectivity index (χ2n) is 10.5. The van der Waals surface area contributed by atoms with Crippen molar-refractivity contribution in [1.29, 1.82) is 0 Å². The number of hydrogen-bond acceptors (Lipinski definition) is 5. The van der Waals surface area contributed by atoms with Gasteiger partial charge in [0.05, 0.1) is 12.1 Å². The molecule has 1 fully saturated rings. The van der Waals surface area contributed by atoms with E-state index in [1.54, 1.807) is 34.5 Å². The second-order valence-corrected chi connectivity index (χ2v) is 11.4. The molecule has 10 heteroatoms. The van der Waals surface area contributed by atoms with Gasteiger partial charge >= 0.3 is 6.18 Å². The van der Waals surface area contributed by atoms with Crippen LogP contribution in [0.5, 0.6) is 0 Å². The fourth-order valence-electron chi connectivity index (χ4n) is 5.01. The molecule has 0 N–H and O–H groups in total. The van der Waals surface area contributed by atoms with Crippen LogP contribution in [0.2, 0.25) is 0 Å². The number of hydrogen-bond donors (Lipinski definition) is 0. The number of aromatic nitrogens is 1. The molecular weight excluding hydrogens is 576 g/mol. The van der Waals surface area contributed by atoms with Gasteiger partial charge in [-0.05, 0) is 23.3 Å². The topological polar surface area (TPSA) is 39.7 Å². The largest absolute Gasteiger partial charge is 0.416 e. The quantitative estimate of drug-likeness (QED) is 0.182. The zero-order chi connectivity index (χ0) is 30.2. The highest BCUT2D eigenvalue weighted by atomic mass is 32.1. The van der Waals surface area contributed by atoms with Crippen LogP contribution < -0.4 is 0 Å². The lowest BCUT2D eigenvalue weighted by Crippen LogP contribution is -2.48. The van der Waals surface area contributed by atoms with Gasteiger partial charge in [0, 0.05) is 56.8 Å². The normalized spacial score (nSPS) is 14.6. The molecule has 3 aromatic carbocycles. The van der Waals surface area contributed by atoms with E-state index >= 15 is 0 Å². The van der Waals surface area contributed by atoms with E-state index in [2.05, 4.69) is 34.2 Å². The first-order valence-electron chi connectivity index (χ1n) is 14.0. The van der Waals surface area contributed by atoms with E-state index in [0.717, 1.165) is 37.3 Å². The molecule has 1 amide bonds. The van der Waals surface area contributed by atoms with Crippen molar-refractivity contribution in [3.8, 4) is 0 Å². The molecule has 0 aliphatic carbocycles. The Labute approximate surface area is 252 Å². The third kappa shape index (κ3) is 8.59. The summed E-state index contributed by atoms with van der Waals surface area (Å²) in [5.41, 5.74) is 1.65. The van der Waals surface area contributed by atoms with Crippen LogP contribution in [0.4, 0.5) is 17.6 Å². The van der Waals surface area contributed by atoms with E-state index in [1.165, 1.54) is 23.5 Å². The molecule has 0 spiro atoms. The maximum atomic E-state index is 14.5. The minimum Gasteiger partial charge on any atom is -0.335 e. The van der Waals surface area contributed by atoms with Crippen molar-refractivity contribution in [2.24, 2.45) is 0 Å². The summed E-state index contributed by atoms with van der Waals surface area (Å²) in [6.07, 6.45) is -0.232. The molecule has 0 radical (unpaired) electrons. The van der Waals surface area contributed by atoms with Crippen LogP contribution >= 0.6 is 11.3 Å². The fourth-order valence-corrected chi connectivity index (χ4v) is 5.82. The van der Waals surface area contributed by atoms with Gasteiger partial charge in [-0.2, -0.15) is 13.2 Å². The molecule has 224 valence electrons. The van der Waals surface area contributed by atoms with Gasteiger partial charge in [-0.15, -0.1) is 11.3 Å². The van der Waals surface area contributed by atoms with Crippen LogP contribution in [0.3, 0.4) is 0 Å². The molecule has 2 heterocycles. The summed E-state index contributed by atoms with van der Waals surface area (Å²) in [5.74, 6) is -0.526. The minimum absolute atomic E-state index is 0.138. The highest BCUT2D eigenvalue weighted by molar-refractivity contribution is 7.09. The highest BCUT2D eigenvalue weighted by Crippen LogP contribution is 2.30. The number of benzene rings is 3. The minimum atomic E-state index is -4.46. The second kappa shape index (κ2) is 14.1. The maximum absolute atomic E-state index is 14.5. The summed E-state index contributed by atoms with van der Waals surface area (Å²) in [5, 5.41) is 2.36. The lowest BCUT2D eigenvalue weighted by Gasteiger charge is -2.33. The standard InChI is InChI=1S/C33H32F4N4OS/c34-29-14-5-4-12-27(29)22-40(21-26-10-6-13-28(20-26)33(35,36)37)23-31-38-30(24-43-31)32(42)41-18-16-39(17-19-41)15-7-11-25-8-2-1-3-9-25/h1-14,20,24H,15-19,21-23H2. The molecule has 1 aromatic heterocycles. The number of thiazole rings is 1. The number of alkyl halides is 3. The van der Waals surface area contributed by atoms with Gasteiger partial charge in [0.2, 0.25) is 0 Å². The van der Waals surface area contributed by atoms with E-state index < -0.39 is 11.7 Å². The smallest absolute Gasteiger partial charge is 0.335 e. The third-order valence-electron chi connectivity index (χ3n) is 7.27. The zero-order valence-electron chi connectivity index (χ0n) is 23.5. The van der Waals surface area contributed by atoms with Crippen LogP contribution in [0.15, 0.2) is 90.3 Å². The Bertz CT molecular complexity index is 1530. The molecule has 0 bridgehead atoms. The Morgan fingerprint density at radius 1 is 0.907 bits per heavy atom. The van der Waals surface area contributed by atoms with Gasteiger partial charge < -0.3 is 4.90 Å². The molecule has 5 nitrogen and oxygen atoms in total. The summed E-state index contributed by atoms with van der Waals surface area (Å²) >= 11 is 1.32. The fraction of sp³-hybridized carbons (Fsp3) is 0.273. The number of nitrogens with zero attached hydrogens (tertiary/aromatic N) is 4. The number of halogens is 4. The third-order valence-corrected chi connectivity index (χ3v) is 8.11. The van der Waals surface area contributed by atoms with Crippen molar-refractivity contribution >= 4 is 23.3 Å². The summed E-state index contributed by atoms with van der Waals surface area (Å²) in [6.45, 7) is 4.10. The van der Waals surface area contributed by atoms with Crippen molar-refractivity contribution in [2.45, 2.75) is 25.8 Å². The summed E-state index contributed by atoms with van der Waals surface area (Å²) in [4.78, 5) is 23.7. The number of carbonyl (C=O) groups is 1. The Morgan fingerprint density at radius 3 is 2.40 bits per heavy atom. The Hall–Kier alpha value is -3.86. The predicted octanol–water partition coefficient (Wildman–Crippen LogP) is 6.97. The molecule has 4 aromatic rings. The van der Waals surface area contributed by atoms with E-state index in [0.29, 0.717) is 34.9 Å². The predicted molar refractivity (Wildman–Crippen MR) is 161 cm³/mol. The van der Waals surface area contributed by atoms with Crippen molar-refractivity contribution in [2.75, 3.05) is 32.7 Å². The molecule has 0 atom stereocenters. The number of amides is 1. The highest BCUT2D eigenvalue weighted by Gasteiger charge is 2.30. The van der Waals surface area contributed by atoms with Gasteiger partial charge in [0.15, 0.2) is 0 Å². The van der Waals surface area contributed by atoms with Crippen molar-refractivity contribution < 1.29 is 22.4 Å². The van der Waals surface area contributed by atoms with Crippen LogP contribution in [-0.2, 0) is 25.8 Å². The molecule has 0 unspecified atom stereocenters. The van der Waals surface area contributed by atoms with E-state index in [1.807, 2.05) is 23.1 Å². The van der Waals surface area contributed by atoms with Crippen LogP contribution in [0, 0.1) is 5.82 Å². The average molecular weight is 609 g/mol. The SMILES string of the molecule is O=C(c1csc(CN(Cc2cccc(C(F)(F)F)c2)Cc2ccccc2F)n1)N1CCN(CC=Cc2ccccc2)CC1. The van der Waals surface area contributed by atoms with Crippen LogP contribution in [0.1, 0.15) is 37.7 Å². The first-order chi connectivity index (χ1) is 20.7. The van der Waals surface area contributed by atoms with Gasteiger partial charge in [0.25, 0.3) is 5.91 Å². The first-order valence-corrected chi connectivity index (χ1v) is 14.9. The van der Waals surface area contributed by atoms with Gasteiger partial charge in [0.1, 0.15) is 16.5 Å². The zero-order valence-corrected chi connectivity index (χ0v) is 24.3. The molecule has 43 heavy (non-hydrogen) atoms. The molecular formula is C33H32F4N4OS. The van der Waals surface area contributed by atoms with Gasteiger partial charge in [-0.3, -0.25) is 14.6 Å². The Balaban J connectivity index is 1.21. The van der Waals surface area contributed by atoms with Crippen molar-refractivity contribution in [3.05, 3.63) is 129 Å². The van der Waals surface area contributed by atoms with E-state index in [-0.39, 0.29) is 31.4 Å². The number of carbonyl (C=O) groups excluding carboxylic acids is 1. The summed E-state index contributed by atoms with van der Waals surface area (Å²) in [7, 11) is 0. The lowest BCUT2D eigenvalue weighted by atomic mass is 10.1. The Kier molecular flexibility index (Phi) is 10.0. The van der Waals surface area contributed by atoms with Crippen LogP contribution in [-0.4, -0.2) is 58.3 Å². The van der Waals surface area contributed by atoms with E-state index in [9.17, 15) is 22.4 Å². The van der Waals surface area contributed by atoms with Gasteiger partial charge in [-0.1, -0.05) is 78.9 Å². The number of rotatable bonds is 10. The number of piperazine rings is 1. The monoisotopic (exact) mass is 608 g/mol. The van der Waals surface area contributed by atoms with Gasteiger partial charge in [-0.25, -0.2) is 9.37 Å². The molecule has 1 aliphatic rings. The summed E-state index contributed by atoms with van der Waals surface area (Å²) < 4.78 is 54.4. The molecule has 5 rings (SSSR count). The van der Waals surface area contributed by atoms with Crippen molar-refractivity contribution in [3.63, 3.8) is 0 Å². The summed E-state index contributed by atoms with van der Waals surface area (Å²) in [6, 6.07) is 21.6. The molecule has 1 saturated heterocycles. The maximum Gasteiger partial charge on any atom is 0.416 e. The average Bonchev–Trinajstić information content (AvgIpc) is 3.47. The first kappa shape index (κ1) is 30.6. The van der Waals surface area contributed by atoms with E-state index in [4.69, 9.17) is 0 Å². The van der Waals surface area contributed by atoms with Crippen molar-refractivity contribution in [1.82, 2.24) is 19.7 Å². The molecule has 0 saturated carbocycles. The van der Waals surface area contributed by atoms with Crippen LogP contribution in [0.25, 0.3) is 6.08 Å².